The lowest BCUT2D eigenvalue weighted by Gasteiger charge is -2.35. The molecule has 0 aromatic carbocycles. The van der Waals surface area contributed by atoms with Crippen LogP contribution in [0.15, 0.2) is 12.1 Å². The van der Waals surface area contributed by atoms with Gasteiger partial charge in [0.25, 0.3) is 5.91 Å². The van der Waals surface area contributed by atoms with Crippen molar-refractivity contribution < 1.29 is 4.79 Å². The molecule has 1 rings (SSSR count). The van der Waals surface area contributed by atoms with Crippen LogP contribution < -0.4 is 5.73 Å². The minimum absolute atomic E-state index is 0.00673. The van der Waals surface area contributed by atoms with Crippen molar-refractivity contribution in [3.8, 4) is 0 Å². The number of anilines is 1. The summed E-state index contributed by atoms with van der Waals surface area (Å²) in [7, 11) is 1.78. The van der Waals surface area contributed by atoms with Gasteiger partial charge in [-0.3, -0.25) is 4.79 Å². The van der Waals surface area contributed by atoms with Gasteiger partial charge >= 0.3 is 0 Å². The van der Waals surface area contributed by atoms with Gasteiger partial charge in [-0.2, -0.15) is 0 Å². The Kier molecular flexibility index (Phi) is 4.22. The molecule has 4 nitrogen and oxygen atoms in total. The average molecular weight is 270 g/mol. The predicted molar refractivity (Wildman–Crippen MR) is 74.7 cm³/mol. The van der Waals surface area contributed by atoms with Gasteiger partial charge in [-0.25, -0.2) is 4.98 Å². The molecule has 0 spiro atoms. The first kappa shape index (κ1) is 14.8. The van der Waals surface area contributed by atoms with Crippen molar-refractivity contribution in [2.75, 3.05) is 12.8 Å². The Bertz CT molecular complexity index is 434. The Morgan fingerprint density at radius 2 is 2.00 bits per heavy atom. The van der Waals surface area contributed by atoms with E-state index in [9.17, 15) is 4.79 Å². The van der Waals surface area contributed by atoms with Crippen molar-refractivity contribution in [2.24, 2.45) is 5.41 Å². The minimum atomic E-state index is -0.103. The van der Waals surface area contributed by atoms with Crippen molar-refractivity contribution in [3.63, 3.8) is 0 Å². The third-order valence-electron chi connectivity index (χ3n) is 3.22. The number of halogens is 1. The normalized spacial score (nSPS) is 13.2. The summed E-state index contributed by atoms with van der Waals surface area (Å²) in [4.78, 5) is 17.9. The predicted octanol–water partition coefficient (Wildman–Crippen LogP) is 2.82. The molecule has 0 aliphatic carbocycles. The number of aromatic nitrogens is 1. The van der Waals surface area contributed by atoms with E-state index in [2.05, 4.69) is 25.8 Å². The molecule has 0 saturated carbocycles. The summed E-state index contributed by atoms with van der Waals surface area (Å²) < 4.78 is 0. The highest BCUT2D eigenvalue weighted by Crippen LogP contribution is 2.24. The highest BCUT2D eigenvalue weighted by Gasteiger charge is 2.27. The van der Waals surface area contributed by atoms with E-state index >= 15 is 0 Å². The molecule has 0 aliphatic heterocycles. The van der Waals surface area contributed by atoms with Crippen molar-refractivity contribution in [3.05, 3.63) is 22.8 Å². The summed E-state index contributed by atoms with van der Waals surface area (Å²) >= 11 is 5.81. The van der Waals surface area contributed by atoms with Crippen LogP contribution in [0.5, 0.6) is 0 Å². The number of carbonyl (C=O) groups is 1. The van der Waals surface area contributed by atoms with E-state index in [4.69, 9.17) is 17.3 Å². The quantitative estimate of drug-likeness (QED) is 0.840. The van der Waals surface area contributed by atoms with Crippen LogP contribution in [-0.2, 0) is 0 Å². The fraction of sp³-hybridized carbons (Fsp3) is 0.538. The van der Waals surface area contributed by atoms with E-state index in [1.54, 1.807) is 18.0 Å². The number of rotatable bonds is 2. The standard InChI is InChI=1S/C13H20ClN3O/c1-8(13(2,3)4)17(5)12(18)9-6-10(14)16-11(15)7-9/h6-8H,1-5H3,(H2,15,16). The summed E-state index contributed by atoms with van der Waals surface area (Å²) in [6, 6.07) is 3.17. The van der Waals surface area contributed by atoms with E-state index in [0.29, 0.717) is 5.56 Å². The Balaban J connectivity index is 3.00. The first-order valence-electron chi connectivity index (χ1n) is 5.83. The molecular formula is C13H20ClN3O. The van der Waals surface area contributed by atoms with Crippen molar-refractivity contribution >= 4 is 23.3 Å². The molecule has 1 atom stereocenters. The maximum atomic E-state index is 12.3. The maximum Gasteiger partial charge on any atom is 0.254 e. The fourth-order valence-electron chi connectivity index (χ4n) is 1.60. The zero-order valence-electron chi connectivity index (χ0n) is 11.5. The summed E-state index contributed by atoms with van der Waals surface area (Å²) in [6.45, 7) is 8.30. The van der Waals surface area contributed by atoms with Gasteiger partial charge < -0.3 is 10.6 Å². The SMILES string of the molecule is CC(N(C)C(=O)c1cc(N)nc(Cl)c1)C(C)(C)C. The van der Waals surface area contributed by atoms with E-state index in [1.165, 1.54) is 6.07 Å². The molecule has 0 bridgehead atoms. The molecular weight excluding hydrogens is 250 g/mol. The molecule has 1 unspecified atom stereocenters. The van der Waals surface area contributed by atoms with E-state index in [1.807, 2.05) is 6.92 Å². The van der Waals surface area contributed by atoms with Gasteiger partial charge in [-0.05, 0) is 24.5 Å². The average Bonchev–Trinajstić information content (AvgIpc) is 2.23. The first-order valence-corrected chi connectivity index (χ1v) is 6.21. The van der Waals surface area contributed by atoms with Gasteiger partial charge in [0.15, 0.2) is 0 Å². The Labute approximate surface area is 113 Å². The highest BCUT2D eigenvalue weighted by molar-refractivity contribution is 6.29. The summed E-state index contributed by atoms with van der Waals surface area (Å²) in [5.74, 6) is 0.149. The molecule has 1 heterocycles. The van der Waals surface area contributed by atoms with Gasteiger partial charge in [-0.1, -0.05) is 32.4 Å². The van der Waals surface area contributed by atoms with E-state index in [0.717, 1.165) is 0 Å². The number of carbonyl (C=O) groups excluding carboxylic acids is 1. The largest absolute Gasteiger partial charge is 0.384 e. The molecule has 2 N–H and O–H groups in total. The smallest absolute Gasteiger partial charge is 0.254 e. The molecule has 100 valence electrons. The molecule has 5 heteroatoms. The second-order valence-electron chi connectivity index (χ2n) is 5.56. The van der Waals surface area contributed by atoms with Crippen LogP contribution in [0.3, 0.4) is 0 Å². The van der Waals surface area contributed by atoms with Crippen LogP contribution in [0.1, 0.15) is 38.1 Å². The molecule has 0 radical (unpaired) electrons. The summed E-state index contributed by atoms with van der Waals surface area (Å²) in [6.07, 6.45) is 0. The van der Waals surface area contributed by atoms with Gasteiger partial charge in [-0.15, -0.1) is 0 Å². The number of nitrogen functional groups attached to an aromatic ring is 1. The topological polar surface area (TPSA) is 59.2 Å². The Morgan fingerprint density at radius 1 is 1.44 bits per heavy atom. The van der Waals surface area contributed by atoms with Gasteiger partial charge in [0.2, 0.25) is 0 Å². The summed E-state index contributed by atoms with van der Waals surface area (Å²) in [5.41, 5.74) is 6.06. The number of amides is 1. The van der Waals surface area contributed by atoms with Gasteiger partial charge in [0.1, 0.15) is 11.0 Å². The zero-order valence-corrected chi connectivity index (χ0v) is 12.2. The molecule has 1 amide bonds. The molecule has 0 saturated heterocycles. The lowest BCUT2D eigenvalue weighted by molar-refractivity contribution is 0.0629. The third-order valence-corrected chi connectivity index (χ3v) is 3.41. The monoisotopic (exact) mass is 269 g/mol. The number of hydrogen-bond donors (Lipinski definition) is 1. The fourth-order valence-corrected chi connectivity index (χ4v) is 1.82. The lowest BCUT2D eigenvalue weighted by atomic mass is 9.87. The summed E-state index contributed by atoms with van der Waals surface area (Å²) in [5, 5.41) is 0.232. The molecule has 18 heavy (non-hydrogen) atoms. The van der Waals surface area contributed by atoms with Crippen LogP contribution in [0.4, 0.5) is 5.82 Å². The number of hydrogen-bond acceptors (Lipinski definition) is 3. The Morgan fingerprint density at radius 3 is 2.44 bits per heavy atom. The minimum Gasteiger partial charge on any atom is -0.384 e. The van der Waals surface area contributed by atoms with Crippen LogP contribution >= 0.6 is 11.6 Å². The van der Waals surface area contributed by atoms with Crippen LogP contribution in [0.25, 0.3) is 0 Å². The maximum absolute atomic E-state index is 12.3. The second kappa shape index (κ2) is 5.14. The Hall–Kier alpha value is -1.29. The van der Waals surface area contributed by atoms with Crippen molar-refractivity contribution in [1.29, 1.82) is 0 Å². The van der Waals surface area contributed by atoms with Crippen LogP contribution in [0.2, 0.25) is 5.15 Å². The highest BCUT2D eigenvalue weighted by atomic mass is 35.5. The molecule has 0 aliphatic rings. The number of nitrogens with zero attached hydrogens (tertiary/aromatic N) is 2. The first-order chi connectivity index (χ1) is 8.12. The van der Waals surface area contributed by atoms with Crippen molar-refractivity contribution in [2.45, 2.75) is 33.7 Å². The molecule has 1 aromatic rings. The van der Waals surface area contributed by atoms with Crippen LogP contribution in [0, 0.1) is 5.41 Å². The zero-order chi connectivity index (χ0) is 14.1. The number of nitrogens with two attached hydrogens (primary N) is 1. The lowest BCUT2D eigenvalue weighted by Crippen LogP contribution is -2.43. The van der Waals surface area contributed by atoms with E-state index in [-0.39, 0.29) is 28.3 Å². The van der Waals surface area contributed by atoms with Crippen LogP contribution in [-0.4, -0.2) is 28.9 Å². The molecule has 0 fully saturated rings. The molecule has 1 aromatic heterocycles. The van der Waals surface area contributed by atoms with Gasteiger partial charge in [0, 0.05) is 18.7 Å². The van der Waals surface area contributed by atoms with Crippen molar-refractivity contribution in [1.82, 2.24) is 9.88 Å². The second-order valence-corrected chi connectivity index (χ2v) is 5.95. The number of pyridine rings is 1. The third kappa shape index (κ3) is 3.35. The van der Waals surface area contributed by atoms with Gasteiger partial charge in [0.05, 0.1) is 0 Å². The van der Waals surface area contributed by atoms with E-state index < -0.39 is 0 Å².